The van der Waals surface area contributed by atoms with E-state index in [1.807, 2.05) is 0 Å². The summed E-state index contributed by atoms with van der Waals surface area (Å²) in [5.74, 6) is 1.80. The molecule has 2 atom stereocenters. The summed E-state index contributed by atoms with van der Waals surface area (Å²) < 4.78 is 5.13. The van der Waals surface area contributed by atoms with Crippen LogP contribution < -0.4 is 5.32 Å². The second kappa shape index (κ2) is 6.20. The Balaban J connectivity index is 1.72. The number of amides is 1. The first-order valence-electron chi connectivity index (χ1n) is 8.04. The van der Waals surface area contributed by atoms with Gasteiger partial charge < -0.3 is 14.7 Å². The Morgan fingerprint density at radius 2 is 2.41 bits per heavy atom. The molecule has 3 rings (SSSR count). The zero-order chi connectivity index (χ0) is 15.6. The minimum Gasteiger partial charge on any atom is -0.342 e. The molecule has 6 heteroatoms. The third-order valence-electron chi connectivity index (χ3n) is 4.61. The Labute approximate surface area is 130 Å². The summed E-state index contributed by atoms with van der Waals surface area (Å²) in [6.45, 7) is 6.10. The lowest BCUT2D eigenvalue weighted by atomic mass is 9.94. The topological polar surface area (TPSA) is 71.3 Å². The van der Waals surface area contributed by atoms with E-state index in [9.17, 15) is 4.79 Å². The molecular formula is C16H24N4O2. The molecule has 1 aromatic rings. The van der Waals surface area contributed by atoms with Gasteiger partial charge in [-0.15, -0.1) is 0 Å². The van der Waals surface area contributed by atoms with Crippen molar-refractivity contribution in [1.82, 2.24) is 20.4 Å². The van der Waals surface area contributed by atoms with Crippen molar-refractivity contribution in [2.24, 2.45) is 5.92 Å². The van der Waals surface area contributed by atoms with Gasteiger partial charge in [-0.1, -0.05) is 17.3 Å². The summed E-state index contributed by atoms with van der Waals surface area (Å²) in [7, 11) is 0. The first kappa shape index (κ1) is 15.2. The van der Waals surface area contributed by atoms with E-state index >= 15 is 0 Å². The second-order valence-electron chi connectivity index (χ2n) is 6.54. The molecule has 2 heterocycles. The molecule has 0 radical (unpaired) electrons. The highest BCUT2D eigenvalue weighted by Crippen LogP contribution is 2.32. The Kier molecular flexibility index (Phi) is 4.29. The summed E-state index contributed by atoms with van der Waals surface area (Å²) in [5.41, 5.74) is -0.506. The standard InChI is InChI=1S/C16H24N4O2/c1-12(21)18-16(15-17-13(2)22-19-15)8-9-20(11-16)10-14-6-4-3-5-7-14/h3-4,14H,5-11H2,1-2H3,(H,18,21)/t14-,16-/m1/s1. The highest BCUT2D eigenvalue weighted by atomic mass is 16.5. The van der Waals surface area contributed by atoms with Crippen LogP contribution >= 0.6 is 0 Å². The van der Waals surface area contributed by atoms with Crippen LogP contribution in [0.25, 0.3) is 0 Å². The van der Waals surface area contributed by atoms with Gasteiger partial charge in [0.05, 0.1) is 0 Å². The van der Waals surface area contributed by atoms with Crippen LogP contribution in [0, 0.1) is 12.8 Å². The van der Waals surface area contributed by atoms with Crippen LogP contribution in [0.5, 0.6) is 0 Å². The van der Waals surface area contributed by atoms with Gasteiger partial charge in [-0.3, -0.25) is 4.79 Å². The summed E-state index contributed by atoms with van der Waals surface area (Å²) in [6, 6.07) is 0. The Bertz CT molecular complexity index is 568. The fourth-order valence-electron chi connectivity index (χ4n) is 3.60. The van der Waals surface area contributed by atoms with Crippen LogP contribution in [0.2, 0.25) is 0 Å². The SMILES string of the molecule is CC(=O)N[C@]1(c2noc(C)n2)CCN(C[C@@H]2CC=CCC2)C1. The molecule has 1 aliphatic carbocycles. The van der Waals surface area contributed by atoms with E-state index < -0.39 is 5.54 Å². The van der Waals surface area contributed by atoms with Gasteiger partial charge in [0.2, 0.25) is 11.8 Å². The summed E-state index contributed by atoms with van der Waals surface area (Å²) in [5, 5.41) is 7.14. The maximum atomic E-state index is 11.7. The molecule has 120 valence electrons. The molecule has 1 aliphatic heterocycles. The highest BCUT2D eigenvalue weighted by molar-refractivity contribution is 5.74. The van der Waals surface area contributed by atoms with Crippen molar-refractivity contribution >= 4 is 5.91 Å². The monoisotopic (exact) mass is 304 g/mol. The molecule has 1 saturated heterocycles. The molecule has 22 heavy (non-hydrogen) atoms. The normalized spacial score (nSPS) is 28.9. The van der Waals surface area contributed by atoms with E-state index in [4.69, 9.17) is 4.52 Å². The first-order chi connectivity index (χ1) is 10.6. The third kappa shape index (κ3) is 3.21. The molecule has 0 aromatic carbocycles. The molecule has 1 amide bonds. The van der Waals surface area contributed by atoms with Crippen LogP contribution in [0.4, 0.5) is 0 Å². The molecule has 0 saturated carbocycles. The van der Waals surface area contributed by atoms with Gasteiger partial charge in [-0.05, 0) is 31.6 Å². The largest absolute Gasteiger partial charge is 0.342 e. The predicted molar refractivity (Wildman–Crippen MR) is 82.1 cm³/mol. The lowest BCUT2D eigenvalue weighted by Crippen LogP contribution is -2.48. The lowest BCUT2D eigenvalue weighted by Gasteiger charge is -2.29. The van der Waals surface area contributed by atoms with Gasteiger partial charge in [0.25, 0.3) is 0 Å². The number of nitrogens with one attached hydrogen (secondary N) is 1. The maximum absolute atomic E-state index is 11.7. The van der Waals surface area contributed by atoms with Crippen LogP contribution in [0.3, 0.4) is 0 Å². The van der Waals surface area contributed by atoms with Gasteiger partial charge in [0.1, 0.15) is 5.54 Å². The summed E-state index contributed by atoms with van der Waals surface area (Å²) in [6.07, 6.45) is 8.97. The second-order valence-corrected chi connectivity index (χ2v) is 6.54. The number of hydrogen-bond donors (Lipinski definition) is 1. The van der Waals surface area contributed by atoms with Crippen LogP contribution in [-0.2, 0) is 10.3 Å². The number of carbonyl (C=O) groups is 1. The van der Waals surface area contributed by atoms with E-state index in [1.54, 1.807) is 13.8 Å². The fraction of sp³-hybridized carbons (Fsp3) is 0.688. The number of nitrogens with zero attached hydrogens (tertiary/aromatic N) is 3. The van der Waals surface area contributed by atoms with Crippen molar-refractivity contribution < 1.29 is 9.32 Å². The number of likely N-dealkylation sites (tertiary alicyclic amines) is 1. The molecule has 1 fully saturated rings. The van der Waals surface area contributed by atoms with Gasteiger partial charge in [0, 0.05) is 33.5 Å². The maximum Gasteiger partial charge on any atom is 0.223 e. The zero-order valence-electron chi connectivity index (χ0n) is 13.3. The number of allylic oxidation sites excluding steroid dienone is 2. The fourth-order valence-corrected chi connectivity index (χ4v) is 3.60. The quantitative estimate of drug-likeness (QED) is 0.858. The Hall–Kier alpha value is -1.69. The summed E-state index contributed by atoms with van der Waals surface area (Å²) in [4.78, 5) is 18.4. The predicted octanol–water partition coefficient (Wildman–Crippen LogP) is 1.77. The smallest absolute Gasteiger partial charge is 0.223 e. The molecule has 0 bridgehead atoms. The van der Waals surface area contributed by atoms with Gasteiger partial charge in [-0.25, -0.2) is 0 Å². The number of carbonyl (C=O) groups excluding carboxylic acids is 1. The average Bonchev–Trinajstić information content (AvgIpc) is 3.07. The van der Waals surface area contributed by atoms with Crippen LogP contribution in [0.15, 0.2) is 16.7 Å². The molecule has 2 aliphatic rings. The first-order valence-corrected chi connectivity index (χ1v) is 8.04. The van der Waals surface area contributed by atoms with Gasteiger partial charge >= 0.3 is 0 Å². The van der Waals surface area contributed by atoms with Gasteiger partial charge in [-0.2, -0.15) is 4.98 Å². The number of aromatic nitrogens is 2. The van der Waals surface area contributed by atoms with Crippen LogP contribution in [-0.4, -0.2) is 40.6 Å². The van der Waals surface area contributed by atoms with Crippen LogP contribution in [0.1, 0.15) is 44.3 Å². The number of hydrogen-bond acceptors (Lipinski definition) is 5. The van der Waals surface area contributed by atoms with E-state index in [0.717, 1.165) is 32.5 Å². The average molecular weight is 304 g/mol. The summed E-state index contributed by atoms with van der Waals surface area (Å²) >= 11 is 0. The minimum atomic E-state index is -0.506. The molecule has 1 aromatic heterocycles. The molecular weight excluding hydrogens is 280 g/mol. The Morgan fingerprint density at radius 1 is 1.55 bits per heavy atom. The zero-order valence-corrected chi connectivity index (χ0v) is 13.3. The van der Waals surface area contributed by atoms with Crippen molar-refractivity contribution in [3.8, 4) is 0 Å². The van der Waals surface area contributed by atoms with Crippen molar-refractivity contribution in [2.75, 3.05) is 19.6 Å². The van der Waals surface area contributed by atoms with E-state index in [-0.39, 0.29) is 5.91 Å². The molecule has 6 nitrogen and oxygen atoms in total. The van der Waals surface area contributed by atoms with Crippen molar-refractivity contribution in [2.45, 2.75) is 45.1 Å². The number of rotatable bonds is 4. The highest BCUT2D eigenvalue weighted by Gasteiger charge is 2.44. The minimum absolute atomic E-state index is 0.0510. The van der Waals surface area contributed by atoms with Gasteiger partial charge in [0.15, 0.2) is 5.82 Å². The lowest BCUT2D eigenvalue weighted by molar-refractivity contribution is -0.121. The van der Waals surface area contributed by atoms with E-state index in [1.165, 1.54) is 12.8 Å². The third-order valence-corrected chi connectivity index (χ3v) is 4.61. The molecule has 1 N–H and O–H groups in total. The molecule has 0 unspecified atom stereocenters. The van der Waals surface area contributed by atoms with Crippen molar-refractivity contribution in [3.05, 3.63) is 23.9 Å². The van der Waals surface area contributed by atoms with E-state index in [2.05, 4.69) is 32.5 Å². The molecule has 0 spiro atoms. The van der Waals surface area contributed by atoms with Crippen molar-refractivity contribution in [3.63, 3.8) is 0 Å². The van der Waals surface area contributed by atoms with Crippen molar-refractivity contribution in [1.29, 1.82) is 0 Å². The number of aryl methyl sites for hydroxylation is 1. The van der Waals surface area contributed by atoms with E-state index in [0.29, 0.717) is 17.6 Å². The Morgan fingerprint density at radius 3 is 3.05 bits per heavy atom.